The lowest BCUT2D eigenvalue weighted by atomic mass is 10.1. The zero-order valence-corrected chi connectivity index (χ0v) is 9.50. The largest absolute Gasteiger partial charge is 0.507 e. The molecular weight excluding hydrogens is 224 g/mol. The number of carbonyl (C=O) groups excluding carboxylic acids is 2. The predicted molar refractivity (Wildman–Crippen MR) is 63.5 cm³/mol. The molecule has 1 rings (SSSR count). The highest BCUT2D eigenvalue weighted by molar-refractivity contribution is 8.13. The van der Waals surface area contributed by atoms with Crippen molar-refractivity contribution in [1.82, 2.24) is 0 Å². The second kappa shape index (κ2) is 5.99. The van der Waals surface area contributed by atoms with Gasteiger partial charge in [0, 0.05) is 12.5 Å². The highest BCUT2D eigenvalue weighted by Crippen LogP contribution is 2.15. The number of rotatable bonds is 2. The van der Waals surface area contributed by atoms with Crippen molar-refractivity contribution in [3.8, 4) is 17.6 Å². The van der Waals surface area contributed by atoms with Gasteiger partial charge >= 0.3 is 0 Å². The average Bonchev–Trinajstić information content (AvgIpc) is 2.26. The van der Waals surface area contributed by atoms with E-state index in [9.17, 15) is 14.7 Å². The summed E-state index contributed by atoms with van der Waals surface area (Å²) in [4.78, 5) is 21.2. The third-order valence-corrected chi connectivity index (χ3v) is 2.43. The molecule has 0 fully saturated rings. The molecule has 0 aliphatic carbocycles. The molecule has 82 valence electrons. The molecule has 3 nitrogen and oxygen atoms in total. The van der Waals surface area contributed by atoms with Gasteiger partial charge in [-0.05, 0) is 18.2 Å². The molecule has 1 aromatic carbocycles. The van der Waals surface area contributed by atoms with Gasteiger partial charge in [0.15, 0.2) is 11.4 Å². The Kier molecular flexibility index (Phi) is 4.62. The van der Waals surface area contributed by atoms with E-state index in [-0.39, 0.29) is 16.4 Å². The number of thioether (sulfide) groups is 1. The molecule has 0 bridgehead atoms. The topological polar surface area (TPSA) is 54.4 Å². The molecule has 1 aromatic rings. The molecule has 0 aliphatic rings. The predicted octanol–water partition coefficient (Wildman–Crippen LogP) is 1.84. The standard InChI is InChI=1S/C12H10O3S/c1-9(14)16-6-2-3-10-4-5-12(15)11(7-10)8-13/h4-5,7-8,15H,6H2,1H3. The Labute approximate surface area is 97.9 Å². The van der Waals surface area contributed by atoms with Crippen molar-refractivity contribution in [2.24, 2.45) is 0 Å². The molecule has 0 radical (unpaired) electrons. The molecule has 0 aliphatic heterocycles. The quantitative estimate of drug-likeness (QED) is 0.626. The second-order valence-electron chi connectivity index (χ2n) is 2.97. The lowest BCUT2D eigenvalue weighted by Gasteiger charge is -1.96. The fourth-order valence-electron chi connectivity index (χ4n) is 1.00. The fourth-order valence-corrected chi connectivity index (χ4v) is 1.35. The molecule has 0 unspecified atom stereocenters. The summed E-state index contributed by atoms with van der Waals surface area (Å²) in [5.74, 6) is 5.97. The van der Waals surface area contributed by atoms with Crippen LogP contribution in [0.15, 0.2) is 18.2 Å². The number of phenolic OH excluding ortho intramolecular Hbond substituents is 1. The number of aldehydes is 1. The van der Waals surface area contributed by atoms with E-state index in [1.165, 1.54) is 19.1 Å². The van der Waals surface area contributed by atoms with E-state index in [4.69, 9.17) is 0 Å². The summed E-state index contributed by atoms with van der Waals surface area (Å²) in [7, 11) is 0. The Bertz CT molecular complexity index is 469. The van der Waals surface area contributed by atoms with Crippen LogP contribution in [-0.4, -0.2) is 22.3 Å². The van der Waals surface area contributed by atoms with Crippen LogP contribution < -0.4 is 0 Å². The first-order valence-corrected chi connectivity index (χ1v) is 5.52. The summed E-state index contributed by atoms with van der Waals surface area (Å²) in [6, 6.07) is 4.55. The lowest BCUT2D eigenvalue weighted by Crippen LogP contribution is -1.85. The SMILES string of the molecule is CC(=O)SCC#Cc1ccc(O)c(C=O)c1. The van der Waals surface area contributed by atoms with Gasteiger partial charge in [0.1, 0.15) is 5.75 Å². The van der Waals surface area contributed by atoms with Crippen LogP contribution in [-0.2, 0) is 4.79 Å². The first kappa shape index (κ1) is 12.3. The molecule has 0 spiro atoms. The van der Waals surface area contributed by atoms with Crippen LogP contribution in [0.5, 0.6) is 5.75 Å². The molecular formula is C12H10O3S. The second-order valence-corrected chi connectivity index (χ2v) is 4.13. The Balaban J connectivity index is 2.74. The van der Waals surface area contributed by atoms with Gasteiger partial charge < -0.3 is 5.11 Å². The van der Waals surface area contributed by atoms with E-state index in [1.807, 2.05) is 0 Å². The van der Waals surface area contributed by atoms with Crippen LogP contribution >= 0.6 is 11.8 Å². The highest BCUT2D eigenvalue weighted by atomic mass is 32.2. The molecule has 0 amide bonds. The Morgan fingerprint density at radius 2 is 2.31 bits per heavy atom. The van der Waals surface area contributed by atoms with Crippen LogP contribution in [0, 0.1) is 11.8 Å². The van der Waals surface area contributed by atoms with Crippen molar-refractivity contribution in [1.29, 1.82) is 0 Å². The van der Waals surface area contributed by atoms with E-state index >= 15 is 0 Å². The number of hydrogen-bond donors (Lipinski definition) is 1. The first-order chi connectivity index (χ1) is 7.63. The van der Waals surface area contributed by atoms with E-state index in [2.05, 4.69) is 11.8 Å². The van der Waals surface area contributed by atoms with Crippen molar-refractivity contribution in [3.05, 3.63) is 29.3 Å². The van der Waals surface area contributed by atoms with Crippen molar-refractivity contribution < 1.29 is 14.7 Å². The molecule has 0 atom stereocenters. The third-order valence-electron chi connectivity index (χ3n) is 1.73. The molecule has 0 aromatic heterocycles. The Morgan fingerprint density at radius 3 is 2.94 bits per heavy atom. The van der Waals surface area contributed by atoms with Gasteiger partial charge in [-0.2, -0.15) is 0 Å². The van der Waals surface area contributed by atoms with E-state index < -0.39 is 0 Å². The molecule has 16 heavy (non-hydrogen) atoms. The molecule has 0 saturated carbocycles. The van der Waals surface area contributed by atoms with Crippen LogP contribution in [0.25, 0.3) is 0 Å². The van der Waals surface area contributed by atoms with Gasteiger partial charge in [-0.15, -0.1) is 0 Å². The van der Waals surface area contributed by atoms with Gasteiger partial charge in [-0.1, -0.05) is 23.6 Å². The summed E-state index contributed by atoms with van der Waals surface area (Å²) in [5, 5.41) is 9.27. The van der Waals surface area contributed by atoms with Crippen molar-refractivity contribution >= 4 is 23.2 Å². The summed E-state index contributed by atoms with van der Waals surface area (Å²) >= 11 is 1.13. The maximum atomic E-state index is 10.6. The summed E-state index contributed by atoms with van der Waals surface area (Å²) in [6.07, 6.45) is 0.574. The maximum Gasteiger partial charge on any atom is 0.186 e. The van der Waals surface area contributed by atoms with Crippen molar-refractivity contribution in [3.63, 3.8) is 0 Å². The van der Waals surface area contributed by atoms with E-state index in [0.717, 1.165) is 11.8 Å². The van der Waals surface area contributed by atoms with Gasteiger partial charge in [-0.3, -0.25) is 9.59 Å². The minimum Gasteiger partial charge on any atom is -0.507 e. The fraction of sp³-hybridized carbons (Fsp3) is 0.167. The summed E-state index contributed by atoms with van der Waals surface area (Å²) in [5.41, 5.74) is 0.857. The van der Waals surface area contributed by atoms with Crippen molar-refractivity contribution in [2.75, 3.05) is 5.75 Å². The smallest absolute Gasteiger partial charge is 0.186 e. The number of carbonyl (C=O) groups is 2. The van der Waals surface area contributed by atoms with Crippen LogP contribution in [0.1, 0.15) is 22.8 Å². The monoisotopic (exact) mass is 234 g/mol. The van der Waals surface area contributed by atoms with Gasteiger partial charge in [0.25, 0.3) is 0 Å². The molecule has 4 heteroatoms. The zero-order chi connectivity index (χ0) is 12.0. The van der Waals surface area contributed by atoms with Crippen molar-refractivity contribution in [2.45, 2.75) is 6.92 Å². The highest BCUT2D eigenvalue weighted by Gasteiger charge is 1.99. The summed E-state index contributed by atoms with van der Waals surface area (Å²) < 4.78 is 0. The molecule has 0 heterocycles. The molecule has 1 N–H and O–H groups in total. The number of phenols is 1. The minimum atomic E-state index is -0.0568. The van der Waals surface area contributed by atoms with Gasteiger partial charge in [-0.25, -0.2) is 0 Å². The maximum absolute atomic E-state index is 10.6. The minimum absolute atomic E-state index is 0.0218. The number of benzene rings is 1. The average molecular weight is 234 g/mol. The number of aromatic hydroxyl groups is 1. The van der Waals surface area contributed by atoms with Crippen LogP contribution in [0.3, 0.4) is 0 Å². The van der Waals surface area contributed by atoms with Gasteiger partial charge in [0.05, 0.1) is 11.3 Å². The van der Waals surface area contributed by atoms with Gasteiger partial charge in [0.2, 0.25) is 0 Å². The van der Waals surface area contributed by atoms with E-state index in [0.29, 0.717) is 17.6 Å². The van der Waals surface area contributed by atoms with E-state index in [1.54, 1.807) is 6.07 Å². The van der Waals surface area contributed by atoms with Crippen LogP contribution in [0.2, 0.25) is 0 Å². The zero-order valence-electron chi connectivity index (χ0n) is 8.69. The number of hydrogen-bond acceptors (Lipinski definition) is 4. The third kappa shape index (κ3) is 3.79. The summed E-state index contributed by atoms with van der Waals surface area (Å²) in [6.45, 7) is 1.48. The Hall–Kier alpha value is -1.73. The molecule has 0 saturated heterocycles. The normalized spacial score (nSPS) is 9.06. The Morgan fingerprint density at radius 1 is 1.56 bits per heavy atom. The first-order valence-electron chi connectivity index (χ1n) is 4.54. The van der Waals surface area contributed by atoms with Crippen LogP contribution in [0.4, 0.5) is 0 Å². The lowest BCUT2D eigenvalue weighted by molar-refractivity contribution is -0.109.